The molecule has 3 rings (SSSR count). The van der Waals surface area contributed by atoms with E-state index in [4.69, 9.17) is 0 Å². The third kappa shape index (κ3) is 4.37. The van der Waals surface area contributed by atoms with Crippen molar-refractivity contribution in [2.75, 3.05) is 45.9 Å². The lowest BCUT2D eigenvalue weighted by atomic mass is 9.93. The minimum Gasteiger partial charge on any atom is -0.396 e. The molecule has 25 heavy (non-hydrogen) atoms. The Kier molecular flexibility index (Phi) is 6.04. The maximum Gasteiger partial charge on any atom is 0.253 e. The van der Waals surface area contributed by atoms with E-state index in [1.807, 2.05) is 0 Å². The van der Waals surface area contributed by atoms with E-state index in [1.54, 1.807) is 17.0 Å². The molecule has 1 aromatic carbocycles. The first-order valence-electron chi connectivity index (χ1n) is 9.09. The van der Waals surface area contributed by atoms with Crippen molar-refractivity contribution in [2.45, 2.75) is 12.8 Å². The summed E-state index contributed by atoms with van der Waals surface area (Å²) in [6, 6.07) is 5.77. The molecular weight excluding hydrogens is 323 g/mol. The molecule has 0 bridgehead atoms. The monoisotopic (exact) mass is 350 g/mol. The summed E-state index contributed by atoms with van der Waals surface area (Å²) >= 11 is 0. The first-order valence-corrected chi connectivity index (χ1v) is 9.09. The van der Waals surface area contributed by atoms with Gasteiger partial charge in [0.15, 0.2) is 0 Å². The average molecular weight is 350 g/mol. The Morgan fingerprint density at radius 1 is 1.12 bits per heavy atom. The van der Waals surface area contributed by atoms with Crippen LogP contribution < -0.4 is 0 Å². The number of aliphatic hydroxyl groups is 2. The first kappa shape index (κ1) is 18.3. The molecule has 0 saturated carbocycles. The fourth-order valence-corrected chi connectivity index (χ4v) is 4.01. The number of piperidine rings is 1. The molecule has 0 unspecified atom stereocenters. The van der Waals surface area contributed by atoms with Crippen LogP contribution in [0.5, 0.6) is 0 Å². The van der Waals surface area contributed by atoms with Gasteiger partial charge in [-0.2, -0.15) is 0 Å². The Hall–Kier alpha value is -1.50. The Morgan fingerprint density at radius 2 is 1.84 bits per heavy atom. The van der Waals surface area contributed by atoms with Gasteiger partial charge in [0, 0.05) is 44.3 Å². The van der Waals surface area contributed by atoms with E-state index < -0.39 is 5.82 Å². The number of nitrogens with zero attached hydrogens (tertiary/aromatic N) is 2. The van der Waals surface area contributed by atoms with Crippen LogP contribution >= 0.6 is 0 Å². The molecule has 2 aliphatic heterocycles. The molecule has 2 N–H and O–H groups in total. The fraction of sp³-hybridized carbons (Fsp3) is 0.632. The van der Waals surface area contributed by atoms with E-state index in [0.29, 0.717) is 24.6 Å². The number of halogens is 1. The Morgan fingerprint density at radius 3 is 2.48 bits per heavy atom. The van der Waals surface area contributed by atoms with Crippen LogP contribution in [0.1, 0.15) is 23.2 Å². The van der Waals surface area contributed by atoms with E-state index in [2.05, 4.69) is 4.90 Å². The van der Waals surface area contributed by atoms with Gasteiger partial charge in [0.25, 0.3) is 5.91 Å². The Labute approximate surface area is 148 Å². The minimum absolute atomic E-state index is 0.0602. The molecule has 0 aromatic heterocycles. The van der Waals surface area contributed by atoms with E-state index >= 15 is 0 Å². The van der Waals surface area contributed by atoms with Crippen LogP contribution in [0.3, 0.4) is 0 Å². The molecule has 0 spiro atoms. The first-order chi connectivity index (χ1) is 12.1. The van der Waals surface area contributed by atoms with Crippen LogP contribution in [-0.4, -0.2) is 71.9 Å². The maximum atomic E-state index is 13.4. The highest BCUT2D eigenvalue weighted by atomic mass is 19.1. The van der Waals surface area contributed by atoms with Gasteiger partial charge in [0.1, 0.15) is 5.82 Å². The molecule has 2 atom stereocenters. The topological polar surface area (TPSA) is 64.0 Å². The largest absolute Gasteiger partial charge is 0.396 e. The van der Waals surface area contributed by atoms with E-state index in [-0.39, 0.29) is 31.0 Å². The van der Waals surface area contributed by atoms with Crippen molar-refractivity contribution in [3.8, 4) is 0 Å². The highest BCUT2D eigenvalue weighted by Gasteiger charge is 2.36. The third-order valence-electron chi connectivity index (χ3n) is 5.63. The molecule has 5 nitrogen and oxygen atoms in total. The number of carbonyl (C=O) groups is 1. The SMILES string of the molecule is O=C(c1cccc(F)c1)N1C[C@@H](CN2CCC(CO)CC2)[C@@H](CO)C1. The highest BCUT2D eigenvalue weighted by molar-refractivity contribution is 5.94. The second-order valence-corrected chi connectivity index (χ2v) is 7.35. The van der Waals surface area contributed by atoms with Crippen molar-refractivity contribution >= 4 is 5.91 Å². The Balaban J connectivity index is 1.59. The van der Waals surface area contributed by atoms with Gasteiger partial charge < -0.3 is 20.0 Å². The van der Waals surface area contributed by atoms with Crippen molar-refractivity contribution in [2.24, 2.45) is 17.8 Å². The molecule has 2 fully saturated rings. The second-order valence-electron chi connectivity index (χ2n) is 7.35. The lowest BCUT2D eigenvalue weighted by Crippen LogP contribution is -2.40. The van der Waals surface area contributed by atoms with E-state index in [9.17, 15) is 19.4 Å². The minimum atomic E-state index is -0.410. The zero-order valence-electron chi connectivity index (χ0n) is 14.5. The molecule has 138 valence electrons. The number of amides is 1. The van der Waals surface area contributed by atoms with Crippen molar-refractivity contribution in [3.63, 3.8) is 0 Å². The summed E-state index contributed by atoms with van der Waals surface area (Å²) in [6.45, 7) is 4.20. The van der Waals surface area contributed by atoms with Crippen LogP contribution in [-0.2, 0) is 0 Å². The number of benzene rings is 1. The van der Waals surface area contributed by atoms with Crippen LogP contribution in [0.25, 0.3) is 0 Å². The summed E-state index contributed by atoms with van der Waals surface area (Å²) in [5.74, 6) is 0.118. The predicted octanol–water partition coefficient (Wildman–Crippen LogP) is 1.21. The highest BCUT2D eigenvalue weighted by Crippen LogP contribution is 2.27. The number of hydrogen-bond donors (Lipinski definition) is 2. The number of rotatable bonds is 5. The van der Waals surface area contributed by atoms with Crippen molar-refractivity contribution in [1.82, 2.24) is 9.80 Å². The van der Waals surface area contributed by atoms with Crippen molar-refractivity contribution < 1.29 is 19.4 Å². The number of likely N-dealkylation sites (tertiary alicyclic amines) is 2. The van der Waals surface area contributed by atoms with Gasteiger partial charge in [-0.25, -0.2) is 4.39 Å². The molecule has 0 radical (unpaired) electrons. The summed E-state index contributed by atoms with van der Waals surface area (Å²) < 4.78 is 13.4. The molecule has 1 aromatic rings. The summed E-state index contributed by atoms with van der Waals surface area (Å²) in [4.78, 5) is 16.7. The smallest absolute Gasteiger partial charge is 0.253 e. The van der Waals surface area contributed by atoms with Crippen LogP contribution in [0.2, 0.25) is 0 Å². The molecule has 2 saturated heterocycles. The summed E-state index contributed by atoms with van der Waals surface area (Å²) in [5.41, 5.74) is 0.362. The van der Waals surface area contributed by atoms with Gasteiger partial charge in [0.05, 0.1) is 0 Å². The van der Waals surface area contributed by atoms with Gasteiger partial charge in [0.2, 0.25) is 0 Å². The molecule has 0 aliphatic carbocycles. The number of carbonyl (C=O) groups excluding carboxylic acids is 1. The van der Waals surface area contributed by atoms with Gasteiger partial charge in [-0.3, -0.25) is 4.79 Å². The zero-order chi connectivity index (χ0) is 17.8. The van der Waals surface area contributed by atoms with Gasteiger partial charge in [-0.05, 0) is 56.0 Å². The van der Waals surface area contributed by atoms with Crippen LogP contribution in [0, 0.1) is 23.6 Å². The normalized spacial score (nSPS) is 25.5. The second kappa shape index (κ2) is 8.25. The zero-order valence-corrected chi connectivity index (χ0v) is 14.5. The quantitative estimate of drug-likeness (QED) is 0.838. The maximum absolute atomic E-state index is 13.4. The number of aliphatic hydroxyl groups excluding tert-OH is 2. The predicted molar refractivity (Wildman–Crippen MR) is 92.6 cm³/mol. The standard InChI is InChI=1S/C19H27FN2O3/c20-18-3-1-2-15(8-18)19(25)22-10-16(17(11-22)13-24)9-21-6-4-14(12-23)5-7-21/h1-3,8,14,16-17,23-24H,4-7,9-13H2/t16-,17-/m1/s1. The Bertz CT molecular complexity index is 590. The van der Waals surface area contributed by atoms with Gasteiger partial charge >= 0.3 is 0 Å². The molecule has 1 amide bonds. The van der Waals surface area contributed by atoms with Crippen molar-refractivity contribution in [3.05, 3.63) is 35.6 Å². The molecule has 6 heteroatoms. The lowest BCUT2D eigenvalue weighted by molar-refractivity contribution is 0.0775. The van der Waals surface area contributed by atoms with Gasteiger partial charge in [-0.15, -0.1) is 0 Å². The molecule has 2 aliphatic rings. The van der Waals surface area contributed by atoms with Crippen LogP contribution in [0.4, 0.5) is 4.39 Å². The van der Waals surface area contributed by atoms with E-state index in [1.165, 1.54) is 12.1 Å². The van der Waals surface area contributed by atoms with Gasteiger partial charge in [-0.1, -0.05) is 6.07 Å². The van der Waals surface area contributed by atoms with Crippen molar-refractivity contribution in [1.29, 1.82) is 0 Å². The molecule has 2 heterocycles. The summed E-state index contributed by atoms with van der Waals surface area (Å²) in [6.07, 6.45) is 2.00. The third-order valence-corrected chi connectivity index (χ3v) is 5.63. The lowest BCUT2D eigenvalue weighted by Gasteiger charge is -2.33. The summed E-state index contributed by atoms with van der Waals surface area (Å²) in [5, 5.41) is 19.0. The van der Waals surface area contributed by atoms with Crippen LogP contribution in [0.15, 0.2) is 24.3 Å². The fourth-order valence-electron chi connectivity index (χ4n) is 4.01. The summed E-state index contributed by atoms with van der Waals surface area (Å²) in [7, 11) is 0. The van der Waals surface area contributed by atoms with E-state index in [0.717, 1.165) is 32.5 Å². The molecular formula is C19H27FN2O3. The average Bonchev–Trinajstić information content (AvgIpc) is 3.04. The number of hydrogen-bond acceptors (Lipinski definition) is 4.